The number of benzene rings is 12. The van der Waals surface area contributed by atoms with Gasteiger partial charge in [-0.3, -0.25) is 0 Å². The van der Waals surface area contributed by atoms with Crippen LogP contribution in [0.5, 0.6) is 0 Å². The maximum atomic E-state index is 7.50. The van der Waals surface area contributed by atoms with Gasteiger partial charge < -0.3 is 37.8 Å². The van der Waals surface area contributed by atoms with Crippen molar-refractivity contribution in [1.29, 1.82) is 0 Å². The van der Waals surface area contributed by atoms with E-state index in [0.717, 1.165) is 163 Å². The maximum absolute atomic E-state index is 7.50. The first-order chi connectivity index (χ1) is 43.7. The lowest BCUT2D eigenvalue weighted by Crippen LogP contribution is -2.65. The molecule has 0 saturated heterocycles. The number of nitrogens with zero attached hydrogens (tertiary/aromatic N) is 5. The molecule has 0 amide bonds. The molecule has 4 aliphatic rings. The van der Waals surface area contributed by atoms with Gasteiger partial charge in [-0.05, 0) is 161 Å². The molecule has 10 heteroatoms. The number of fused-ring (bicyclic) bond motifs is 13. The predicted molar refractivity (Wildman–Crippen MR) is 364 cm³/mol. The zero-order chi connectivity index (χ0) is 57.6. The van der Waals surface area contributed by atoms with E-state index in [4.69, 9.17) is 13.3 Å². The van der Waals surface area contributed by atoms with Crippen molar-refractivity contribution >= 4 is 165 Å². The second-order valence-electron chi connectivity index (χ2n) is 23.1. The van der Waals surface area contributed by atoms with Crippen LogP contribution >= 0.6 is 0 Å². The number of para-hydroxylation sites is 9. The van der Waals surface area contributed by atoms with E-state index in [1.54, 1.807) is 0 Å². The molecule has 12 aromatic carbocycles. The second-order valence-corrected chi connectivity index (χ2v) is 23.1. The van der Waals surface area contributed by atoms with Crippen LogP contribution in [0.25, 0.3) is 44.2 Å². The summed E-state index contributed by atoms with van der Waals surface area (Å²) in [7, 11) is 0. The molecule has 7 heterocycles. The Balaban J connectivity index is 0.959. The lowest BCUT2D eigenvalue weighted by molar-refractivity contribution is 0.631. The van der Waals surface area contributed by atoms with E-state index in [1.807, 2.05) is 6.07 Å². The third-order valence-electron chi connectivity index (χ3n) is 18.3. The second kappa shape index (κ2) is 18.9. The highest BCUT2D eigenvalue weighted by atomic mass is 16.3. The van der Waals surface area contributed by atoms with Crippen molar-refractivity contribution in [2.45, 2.75) is 0 Å². The smallest absolute Gasteiger partial charge is 0.297 e. The van der Waals surface area contributed by atoms with Crippen molar-refractivity contribution in [3.63, 3.8) is 0 Å². The number of anilines is 15. The molecule has 0 radical (unpaired) electrons. The molecule has 19 rings (SSSR count). The Morgan fingerprint density at radius 3 is 1.12 bits per heavy atom. The molecular weight excluding hydrogens is 1080 g/mol. The predicted octanol–water partition coefficient (Wildman–Crippen LogP) is 17.2. The average molecular weight is 1130 g/mol. The van der Waals surface area contributed by atoms with Crippen LogP contribution in [0.2, 0.25) is 0 Å². The first-order valence-electron chi connectivity index (χ1n) is 30.0. The van der Waals surface area contributed by atoms with Gasteiger partial charge in [-0.25, -0.2) is 0 Å². The van der Waals surface area contributed by atoms with Crippen LogP contribution in [0.4, 0.5) is 85.3 Å². The Morgan fingerprint density at radius 2 is 0.659 bits per heavy atom. The molecular formula is C78H49B2N5O3. The van der Waals surface area contributed by atoms with Gasteiger partial charge >= 0.3 is 0 Å². The number of hydrogen-bond acceptors (Lipinski definition) is 8. The molecule has 3 aromatic heterocycles. The number of rotatable bonds is 8. The highest BCUT2D eigenvalue weighted by Crippen LogP contribution is 2.53. The first kappa shape index (κ1) is 48.7. The molecule has 0 saturated carbocycles. The summed E-state index contributed by atoms with van der Waals surface area (Å²) in [6, 6.07) is 107. The Labute approximate surface area is 508 Å². The quantitative estimate of drug-likeness (QED) is 0.140. The van der Waals surface area contributed by atoms with E-state index in [2.05, 4.69) is 316 Å². The van der Waals surface area contributed by atoms with Crippen LogP contribution in [0.1, 0.15) is 0 Å². The van der Waals surface area contributed by atoms with Crippen molar-refractivity contribution in [2.24, 2.45) is 0 Å². The van der Waals surface area contributed by atoms with E-state index >= 15 is 0 Å². The Kier molecular flexibility index (Phi) is 10.5. The highest BCUT2D eigenvalue weighted by Gasteiger charge is 2.52. The Bertz CT molecular complexity index is 5200. The Hall–Kier alpha value is -11.6. The van der Waals surface area contributed by atoms with Gasteiger partial charge in [-0.15, -0.1) is 0 Å². The summed E-state index contributed by atoms with van der Waals surface area (Å²) in [5.41, 5.74) is 25.3. The summed E-state index contributed by atoms with van der Waals surface area (Å²) in [5, 5.41) is 3.13. The minimum atomic E-state index is -0.371. The third-order valence-corrected chi connectivity index (χ3v) is 18.3. The summed E-state index contributed by atoms with van der Waals surface area (Å²) in [4.78, 5) is 12.3. The highest BCUT2D eigenvalue weighted by molar-refractivity contribution is 7.02. The van der Waals surface area contributed by atoms with Gasteiger partial charge in [0.05, 0.1) is 28.4 Å². The molecule has 4 aliphatic heterocycles. The molecule has 0 fully saturated rings. The van der Waals surface area contributed by atoms with Crippen molar-refractivity contribution in [1.82, 2.24) is 0 Å². The standard InChI is InChI=1S/C78H49B2N5O3/c1-7-26-52(27-8-1)81(53-28-9-2-10-29-53)58-46-67-74-68(47-58)85(57-36-17-6-18-37-57)76-60-39-21-24-42-71(60)88-78(76)80(74)62-48-61-63(49-64(62)83(67)55-32-13-4-14-33-55)82(54-30-11-3-12-31-54)65-43-51(72-45-50-25-19-22-40-69(50)86-72)44-66-73(65)79(61)77-75(59-38-20-23-41-70(59)87-77)84(66)56-34-15-5-16-35-56/h1-49H. The largest absolute Gasteiger partial charge is 0.468 e. The summed E-state index contributed by atoms with van der Waals surface area (Å²) >= 11 is 0. The summed E-state index contributed by atoms with van der Waals surface area (Å²) < 4.78 is 21.8. The normalized spacial score (nSPS) is 13.3. The van der Waals surface area contributed by atoms with Gasteiger partial charge in [0.2, 0.25) is 0 Å². The third kappa shape index (κ3) is 7.11. The molecule has 15 aromatic rings. The van der Waals surface area contributed by atoms with E-state index in [9.17, 15) is 0 Å². The van der Waals surface area contributed by atoms with Crippen molar-refractivity contribution in [3.05, 3.63) is 297 Å². The van der Waals surface area contributed by atoms with Crippen molar-refractivity contribution < 1.29 is 13.3 Å². The fourth-order valence-electron chi connectivity index (χ4n) is 14.7. The van der Waals surface area contributed by atoms with Gasteiger partial charge in [0.25, 0.3) is 13.4 Å². The summed E-state index contributed by atoms with van der Waals surface area (Å²) in [6.45, 7) is -0.736. The van der Waals surface area contributed by atoms with Crippen LogP contribution < -0.4 is 57.7 Å². The summed E-state index contributed by atoms with van der Waals surface area (Å²) in [5.74, 6) is 0.791. The van der Waals surface area contributed by atoms with Crippen LogP contribution in [-0.4, -0.2) is 13.4 Å². The fraction of sp³-hybridized carbons (Fsp3) is 0. The topological polar surface area (TPSA) is 55.6 Å². The molecule has 0 N–H and O–H groups in total. The van der Waals surface area contributed by atoms with Gasteiger partial charge in [-0.1, -0.05) is 158 Å². The zero-order valence-corrected chi connectivity index (χ0v) is 47.4. The van der Waals surface area contributed by atoms with Crippen LogP contribution in [0.15, 0.2) is 311 Å². The molecule has 0 atom stereocenters. The van der Waals surface area contributed by atoms with E-state index in [1.165, 1.54) is 0 Å². The molecule has 0 aliphatic carbocycles. The monoisotopic (exact) mass is 1130 g/mol. The van der Waals surface area contributed by atoms with E-state index in [-0.39, 0.29) is 13.4 Å². The molecule has 88 heavy (non-hydrogen) atoms. The minimum Gasteiger partial charge on any atom is -0.468 e. The van der Waals surface area contributed by atoms with Crippen molar-refractivity contribution in [2.75, 3.05) is 24.5 Å². The first-order valence-corrected chi connectivity index (χ1v) is 30.0. The number of hydrogen-bond donors (Lipinski definition) is 0. The minimum absolute atomic E-state index is 0.365. The van der Waals surface area contributed by atoms with Gasteiger partial charge in [0, 0.05) is 90.0 Å². The molecule has 0 spiro atoms. The van der Waals surface area contributed by atoms with Crippen LogP contribution in [0.3, 0.4) is 0 Å². The number of furan rings is 3. The zero-order valence-electron chi connectivity index (χ0n) is 47.4. The fourth-order valence-corrected chi connectivity index (χ4v) is 14.7. The van der Waals surface area contributed by atoms with Crippen LogP contribution in [-0.2, 0) is 0 Å². The lowest BCUT2D eigenvalue weighted by atomic mass is 9.32. The van der Waals surface area contributed by atoms with E-state index in [0.29, 0.717) is 0 Å². The molecule has 410 valence electrons. The molecule has 0 bridgehead atoms. The van der Waals surface area contributed by atoms with Crippen LogP contribution in [0, 0.1) is 0 Å². The van der Waals surface area contributed by atoms with Gasteiger partial charge in [0.1, 0.15) is 22.5 Å². The molecule has 0 unspecified atom stereocenters. The van der Waals surface area contributed by atoms with Gasteiger partial charge in [-0.2, -0.15) is 0 Å². The SMILES string of the molecule is c1ccc(N(c2ccccc2)c2cc3c4c(c2)N(c2ccccc2)c2c(oc5ccccc25)B4c2cc4c(cc2N3c2ccccc2)N(c2ccccc2)c2cc(-c3cc5ccccc5o3)cc3c2B4c2oc4ccccc4c2N3c2ccccc2)cc1. The summed E-state index contributed by atoms with van der Waals surface area (Å²) in [6.07, 6.45) is 0. The Morgan fingerprint density at radius 1 is 0.284 bits per heavy atom. The molecule has 8 nitrogen and oxygen atoms in total. The maximum Gasteiger partial charge on any atom is 0.297 e. The average Bonchev–Trinajstić information content (AvgIpc) is 1.16. The van der Waals surface area contributed by atoms with Gasteiger partial charge in [0.15, 0.2) is 0 Å². The van der Waals surface area contributed by atoms with E-state index < -0.39 is 0 Å². The lowest BCUT2D eigenvalue weighted by Gasteiger charge is -2.46. The van der Waals surface area contributed by atoms with Crippen molar-refractivity contribution in [3.8, 4) is 11.3 Å².